The normalized spacial score (nSPS) is 9.86. The Labute approximate surface area is 130 Å². The molecule has 1 amide bonds. The van der Waals surface area contributed by atoms with Crippen LogP contribution in [0.4, 0.5) is 4.39 Å². The number of benzene rings is 1. The van der Waals surface area contributed by atoms with Crippen LogP contribution in [-0.2, 0) is 4.74 Å². The summed E-state index contributed by atoms with van der Waals surface area (Å²) in [5.41, 5.74) is 0.212. The first-order valence-electron chi connectivity index (χ1n) is 6.59. The van der Waals surface area contributed by atoms with Crippen molar-refractivity contribution in [1.82, 2.24) is 10.6 Å². The van der Waals surface area contributed by atoms with E-state index in [0.29, 0.717) is 26.3 Å². The Morgan fingerprint density at radius 2 is 2.05 bits per heavy atom. The summed E-state index contributed by atoms with van der Waals surface area (Å²) < 4.78 is 23.7. The zero-order valence-electron chi connectivity index (χ0n) is 12.3. The molecule has 1 rings (SSSR count). The van der Waals surface area contributed by atoms with Gasteiger partial charge < -0.3 is 20.1 Å². The van der Waals surface area contributed by atoms with Gasteiger partial charge >= 0.3 is 0 Å². The molecular weight excluding hydrogens is 299 g/mol. The Bertz CT molecular complexity index is 433. The fraction of sp³-hybridized carbons (Fsp3) is 0.500. The molecule has 21 heavy (non-hydrogen) atoms. The highest BCUT2D eigenvalue weighted by Crippen LogP contribution is 2.22. The Hall–Kier alpha value is -1.37. The topological polar surface area (TPSA) is 59.6 Å². The van der Waals surface area contributed by atoms with Crippen LogP contribution in [-0.4, -0.2) is 45.9 Å². The van der Waals surface area contributed by atoms with Crippen molar-refractivity contribution in [3.05, 3.63) is 29.6 Å². The number of rotatable bonds is 9. The molecule has 0 aliphatic heterocycles. The molecule has 0 aromatic heterocycles. The number of carbonyl (C=O) groups is 1. The fourth-order valence-corrected chi connectivity index (χ4v) is 1.64. The molecule has 0 radical (unpaired) electrons. The molecule has 120 valence electrons. The van der Waals surface area contributed by atoms with Crippen LogP contribution in [0.25, 0.3) is 0 Å². The molecule has 0 saturated heterocycles. The molecule has 0 unspecified atom stereocenters. The number of hydrogen-bond acceptors (Lipinski definition) is 4. The summed E-state index contributed by atoms with van der Waals surface area (Å²) in [7, 11) is 1.63. The second-order valence-corrected chi connectivity index (χ2v) is 4.05. The lowest BCUT2D eigenvalue weighted by molar-refractivity contribution is 0.0949. The van der Waals surface area contributed by atoms with E-state index >= 15 is 0 Å². The van der Waals surface area contributed by atoms with Crippen molar-refractivity contribution in [1.29, 1.82) is 0 Å². The van der Waals surface area contributed by atoms with Crippen LogP contribution in [0.3, 0.4) is 0 Å². The van der Waals surface area contributed by atoms with Gasteiger partial charge in [0.1, 0.15) is 0 Å². The standard InChI is InChI=1S/C14H21FN2O3.ClH/c1-3-20-13-11(5-4-6-12(13)15)14(18)17-8-7-16-9-10-19-2;/h4-6,16H,3,7-10H2,1-2H3,(H,17,18);1H. The largest absolute Gasteiger partial charge is 0.490 e. The molecule has 0 atom stereocenters. The number of ether oxygens (including phenoxy) is 2. The Balaban J connectivity index is 0.00000400. The first-order valence-corrected chi connectivity index (χ1v) is 6.59. The Kier molecular flexibility index (Phi) is 10.6. The van der Waals surface area contributed by atoms with E-state index in [9.17, 15) is 9.18 Å². The van der Waals surface area contributed by atoms with Crippen molar-refractivity contribution in [2.75, 3.05) is 40.0 Å². The third-order valence-corrected chi connectivity index (χ3v) is 2.57. The number of halogens is 2. The van der Waals surface area contributed by atoms with Crippen LogP contribution in [0.5, 0.6) is 5.75 Å². The second-order valence-electron chi connectivity index (χ2n) is 4.05. The molecule has 7 heteroatoms. The van der Waals surface area contributed by atoms with Gasteiger partial charge in [0.25, 0.3) is 5.91 Å². The Morgan fingerprint density at radius 1 is 1.29 bits per heavy atom. The van der Waals surface area contributed by atoms with E-state index in [1.165, 1.54) is 12.1 Å². The fourth-order valence-electron chi connectivity index (χ4n) is 1.64. The van der Waals surface area contributed by atoms with Gasteiger partial charge in [0.05, 0.1) is 18.8 Å². The van der Waals surface area contributed by atoms with E-state index in [-0.39, 0.29) is 29.6 Å². The maximum absolute atomic E-state index is 13.6. The summed E-state index contributed by atoms with van der Waals surface area (Å²) >= 11 is 0. The first kappa shape index (κ1) is 19.6. The van der Waals surface area contributed by atoms with Crippen molar-refractivity contribution in [2.45, 2.75) is 6.92 Å². The molecule has 1 aromatic rings. The van der Waals surface area contributed by atoms with Crippen LogP contribution in [0.1, 0.15) is 17.3 Å². The molecule has 0 fully saturated rings. The third kappa shape index (κ3) is 6.75. The SMILES string of the molecule is CCOc1c(F)cccc1C(=O)NCCNCCOC.Cl. The number of amides is 1. The third-order valence-electron chi connectivity index (χ3n) is 2.57. The quantitative estimate of drug-likeness (QED) is 0.679. The number of hydrogen-bond donors (Lipinski definition) is 2. The van der Waals surface area contributed by atoms with Crippen LogP contribution in [0.2, 0.25) is 0 Å². The minimum atomic E-state index is -0.530. The van der Waals surface area contributed by atoms with Gasteiger partial charge in [0.15, 0.2) is 11.6 Å². The van der Waals surface area contributed by atoms with Crippen LogP contribution < -0.4 is 15.4 Å². The average Bonchev–Trinajstić information content (AvgIpc) is 2.45. The zero-order valence-corrected chi connectivity index (χ0v) is 13.1. The number of nitrogens with one attached hydrogen (secondary N) is 2. The predicted octanol–water partition coefficient (Wildman–Crippen LogP) is 1.61. The van der Waals surface area contributed by atoms with Gasteiger partial charge in [-0.3, -0.25) is 4.79 Å². The molecule has 0 heterocycles. The average molecular weight is 321 g/mol. The van der Waals surface area contributed by atoms with Crippen LogP contribution in [0.15, 0.2) is 18.2 Å². The molecule has 2 N–H and O–H groups in total. The molecule has 0 aliphatic carbocycles. The number of carbonyl (C=O) groups excluding carboxylic acids is 1. The summed E-state index contributed by atoms with van der Waals surface area (Å²) in [6.07, 6.45) is 0. The molecule has 0 bridgehead atoms. The predicted molar refractivity (Wildman–Crippen MR) is 81.9 cm³/mol. The molecular formula is C14H22ClFN2O3. The van der Waals surface area contributed by atoms with Crippen molar-refractivity contribution in [2.24, 2.45) is 0 Å². The monoisotopic (exact) mass is 320 g/mol. The zero-order chi connectivity index (χ0) is 14.8. The van der Waals surface area contributed by atoms with Crippen molar-refractivity contribution < 1.29 is 18.7 Å². The lowest BCUT2D eigenvalue weighted by atomic mass is 10.2. The minimum absolute atomic E-state index is 0. The van der Waals surface area contributed by atoms with Gasteiger partial charge in [-0.1, -0.05) is 6.07 Å². The van der Waals surface area contributed by atoms with Crippen molar-refractivity contribution in [3.8, 4) is 5.75 Å². The summed E-state index contributed by atoms with van der Waals surface area (Å²) in [6.45, 7) is 4.45. The van der Waals surface area contributed by atoms with Gasteiger partial charge in [-0.2, -0.15) is 0 Å². The van der Waals surface area contributed by atoms with E-state index in [1.54, 1.807) is 20.1 Å². The molecule has 0 aliphatic rings. The second kappa shape index (κ2) is 11.3. The first-order chi connectivity index (χ1) is 9.70. The van der Waals surface area contributed by atoms with E-state index in [1.807, 2.05) is 0 Å². The summed E-state index contributed by atoms with van der Waals surface area (Å²) in [5.74, 6) is -0.876. The smallest absolute Gasteiger partial charge is 0.255 e. The summed E-state index contributed by atoms with van der Waals surface area (Å²) in [4.78, 5) is 12.0. The maximum atomic E-state index is 13.6. The van der Waals surface area contributed by atoms with Crippen LogP contribution in [0, 0.1) is 5.82 Å². The van der Waals surface area contributed by atoms with E-state index in [0.717, 1.165) is 6.54 Å². The lowest BCUT2D eigenvalue weighted by Gasteiger charge is -2.11. The number of methoxy groups -OCH3 is 1. The highest BCUT2D eigenvalue weighted by atomic mass is 35.5. The van der Waals surface area contributed by atoms with Crippen molar-refractivity contribution in [3.63, 3.8) is 0 Å². The Morgan fingerprint density at radius 3 is 2.71 bits per heavy atom. The van der Waals surface area contributed by atoms with Crippen molar-refractivity contribution >= 4 is 18.3 Å². The van der Waals surface area contributed by atoms with Crippen LogP contribution >= 0.6 is 12.4 Å². The van der Waals surface area contributed by atoms with Gasteiger partial charge in [-0.15, -0.1) is 12.4 Å². The lowest BCUT2D eigenvalue weighted by Crippen LogP contribution is -2.33. The summed E-state index contributed by atoms with van der Waals surface area (Å²) in [6, 6.07) is 4.30. The maximum Gasteiger partial charge on any atom is 0.255 e. The van der Waals surface area contributed by atoms with Gasteiger partial charge in [-0.25, -0.2) is 4.39 Å². The van der Waals surface area contributed by atoms with E-state index in [4.69, 9.17) is 9.47 Å². The van der Waals surface area contributed by atoms with E-state index < -0.39 is 5.82 Å². The minimum Gasteiger partial charge on any atom is -0.490 e. The highest BCUT2D eigenvalue weighted by molar-refractivity contribution is 5.96. The summed E-state index contributed by atoms with van der Waals surface area (Å²) in [5, 5.41) is 5.81. The van der Waals surface area contributed by atoms with E-state index in [2.05, 4.69) is 10.6 Å². The molecule has 5 nitrogen and oxygen atoms in total. The molecule has 1 aromatic carbocycles. The highest BCUT2D eigenvalue weighted by Gasteiger charge is 2.15. The molecule has 0 saturated carbocycles. The van der Waals surface area contributed by atoms with Gasteiger partial charge in [0, 0.05) is 26.7 Å². The van der Waals surface area contributed by atoms with Gasteiger partial charge in [-0.05, 0) is 19.1 Å². The number of para-hydroxylation sites is 1. The molecule has 0 spiro atoms. The van der Waals surface area contributed by atoms with Gasteiger partial charge in [0.2, 0.25) is 0 Å².